The highest BCUT2D eigenvalue weighted by molar-refractivity contribution is 5.37. The third-order valence-corrected chi connectivity index (χ3v) is 2.39. The lowest BCUT2D eigenvalue weighted by Crippen LogP contribution is -2.25. The van der Waals surface area contributed by atoms with Gasteiger partial charge in [-0.15, -0.1) is 0 Å². The monoisotopic (exact) mass is 269 g/mol. The van der Waals surface area contributed by atoms with E-state index in [4.69, 9.17) is 4.74 Å². The smallest absolute Gasteiger partial charge is 0.323 e. The van der Waals surface area contributed by atoms with Crippen molar-refractivity contribution in [2.24, 2.45) is 0 Å². The van der Waals surface area contributed by atoms with Crippen molar-refractivity contribution in [3.05, 3.63) is 0 Å². The highest BCUT2D eigenvalue weighted by Crippen LogP contribution is 2.15. The number of aliphatic hydroxyl groups is 1. The van der Waals surface area contributed by atoms with Crippen LogP contribution in [-0.2, 0) is 0 Å². The second kappa shape index (κ2) is 7.08. The number of nitrogens with one attached hydrogen (secondary N) is 1. The maximum absolute atomic E-state index is 9.31. The zero-order valence-corrected chi connectivity index (χ0v) is 12.2. The minimum atomic E-state index is -0.348. The summed E-state index contributed by atoms with van der Waals surface area (Å²) in [5, 5.41) is 12.2. The van der Waals surface area contributed by atoms with Gasteiger partial charge in [0.05, 0.1) is 12.2 Å². The molecule has 0 radical (unpaired) electrons. The summed E-state index contributed by atoms with van der Waals surface area (Å²) in [4.78, 5) is 14.5. The largest absolute Gasteiger partial charge is 0.461 e. The van der Waals surface area contributed by atoms with Gasteiger partial charge in [0.25, 0.3) is 0 Å². The molecular weight excluding hydrogens is 246 g/mol. The molecule has 0 amide bonds. The van der Waals surface area contributed by atoms with Crippen LogP contribution in [0.25, 0.3) is 0 Å². The Hall–Kier alpha value is -1.63. The van der Waals surface area contributed by atoms with Crippen molar-refractivity contribution in [1.82, 2.24) is 15.0 Å². The van der Waals surface area contributed by atoms with E-state index in [0.717, 1.165) is 0 Å². The van der Waals surface area contributed by atoms with Crippen LogP contribution < -0.4 is 15.0 Å². The van der Waals surface area contributed by atoms with E-state index in [1.165, 1.54) is 0 Å². The summed E-state index contributed by atoms with van der Waals surface area (Å²) in [6.07, 6.45) is 0.305. The molecule has 1 heterocycles. The highest BCUT2D eigenvalue weighted by atomic mass is 16.5. The molecule has 108 valence electrons. The van der Waals surface area contributed by atoms with E-state index in [9.17, 15) is 5.11 Å². The van der Waals surface area contributed by atoms with Crippen LogP contribution in [-0.4, -0.2) is 52.9 Å². The third kappa shape index (κ3) is 5.25. The van der Waals surface area contributed by atoms with Crippen molar-refractivity contribution < 1.29 is 9.84 Å². The van der Waals surface area contributed by atoms with Crippen molar-refractivity contribution in [3.63, 3.8) is 0 Å². The minimum absolute atomic E-state index is 0.00252. The van der Waals surface area contributed by atoms with Gasteiger partial charge in [-0.05, 0) is 27.2 Å². The van der Waals surface area contributed by atoms with Crippen LogP contribution in [0.2, 0.25) is 0 Å². The van der Waals surface area contributed by atoms with E-state index in [-0.39, 0.29) is 12.2 Å². The molecule has 7 nitrogen and oxygen atoms in total. The van der Waals surface area contributed by atoms with E-state index >= 15 is 0 Å². The van der Waals surface area contributed by atoms with Gasteiger partial charge in [0.2, 0.25) is 11.9 Å². The van der Waals surface area contributed by atoms with Gasteiger partial charge in [-0.2, -0.15) is 15.0 Å². The molecule has 1 unspecified atom stereocenters. The average molecular weight is 269 g/mol. The molecule has 0 fully saturated rings. The fraction of sp³-hybridized carbons (Fsp3) is 0.750. The summed E-state index contributed by atoms with van der Waals surface area (Å²) in [5.74, 6) is 0.986. The SMILES string of the molecule is CNc1nc(OC(C)C)nc(N(C)CCC(C)O)n1. The highest BCUT2D eigenvalue weighted by Gasteiger charge is 2.12. The molecule has 0 bridgehead atoms. The predicted molar refractivity (Wildman–Crippen MR) is 74.7 cm³/mol. The van der Waals surface area contributed by atoms with Gasteiger partial charge in [-0.3, -0.25) is 0 Å². The van der Waals surface area contributed by atoms with Gasteiger partial charge < -0.3 is 20.1 Å². The molecule has 0 spiro atoms. The number of anilines is 2. The van der Waals surface area contributed by atoms with E-state index in [1.54, 1.807) is 14.0 Å². The van der Waals surface area contributed by atoms with Crippen molar-refractivity contribution >= 4 is 11.9 Å². The van der Waals surface area contributed by atoms with Gasteiger partial charge in [-0.1, -0.05) is 0 Å². The summed E-state index contributed by atoms with van der Waals surface area (Å²) in [6.45, 7) is 6.25. The van der Waals surface area contributed by atoms with Gasteiger partial charge in [0.15, 0.2) is 0 Å². The first-order chi connectivity index (χ1) is 8.92. The Morgan fingerprint density at radius 2 is 1.95 bits per heavy atom. The van der Waals surface area contributed by atoms with Crippen LogP contribution in [0.4, 0.5) is 11.9 Å². The standard InChI is InChI=1S/C12H23N5O2/c1-8(2)19-12-15-10(13-4)14-11(16-12)17(5)7-6-9(3)18/h8-9,18H,6-7H2,1-5H3,(H,13,14,15,16). The Kier molecular flexibility index (Phi) is 5.75. The quantitative estimate of drug-likeness (QED) is 0.761. The number of ether oxygens (including phenoxy) is 1. The molecule has 0 aliphatic heterocycles. The molecule has 0 aliphatic rings. The van der Waals surface area contributed by atoms with Crippen LogP contribution >= 0.6 is 0 Å². The first kappa shape index (κ1) is 15.4. The Balaban J connectivity index is 2.86. The Labute approximate surface area is 114 Å². The fourth-order valence-electron chi connectivity index (χ4n) is 1.37. The van der Waals surface area contributed by atoms with E-state index in [1.807, 2.05) is 25.8 Å². The number of nitrogens with zero attached hydrogens (tertiary/aromatic N) is 4. The topological polar surface area (TPSA) is 83.4 Å². The van der Waals surface area contributed by atoms with Gasteiger partial charge in [-0.25, -0.2) is 0 Å². The Bertz CT molecular complexity index is 398. The Morgan fingerprint density at radius 3 is 2.47 bits per heavy atom. The normalized spacial score (nSPS) is 12.4. The number of rotatable bonds is 7. The van der Waals surface area contributed by atoms with E-state index in [0.29, 0.717) is 30.9 Å². The molecule has 1 aromatic rings. The summed E-state index contributed by atoms with van der Waals surface area (Å²) in [5.41, 5.74) is 0. The van der Waals surface area contributed by atoms with Gasteiger partial charge in [0, 0.05) is 20.6 Å². The maximum Gasteiger partial charge on any atom is 0.323 e. The predicted octanol–water partition coefficient (Wildman–Crippen LogP) is 0.908. The molecule has 1 aromatic heterocycles. The summed E-state index contributed by atoms with van der Waals surface area (Å²) in [7, 11) is 3.62. The van der Waals surface area contributed by atoms with Crippen LogP contribution in [0, 0.1) is 0 Å². The first-order valence-electron chi connectivity index (χ1n) is 6.42. The fourth-order valence-corrected chi connectivity index (χ4v) is 1.37. The summed E-state index contributed by atoms with van der Waals surface area (Å²) < 4.78 is 5.49. The average Bonchev–Trinajstić information content (AvgIpc) is 2.34. The molecule has 0 aliphatic carbocycles. The van der Waals surface area contributed by atoms with Crippen LogP contribution in [0.3, 0.4) is 0 Å². The maximum atomic E-state index is 9.31. The molecule has 7 heteroatoms. The number of hydrogen-bond donors (Lipinski definition) is 2. The number of hydrogen-bond acceptors (Lipinski definition) is 7. The van der Waals surface area contributed by atoms with Crippen LogP contribution in [0.15, 0.2) is 0 Å². The zero-order chi connectivity index (χ0) is 14.4. The van der Waals surface area contributed by atoms with Crippen molar-refractivity contribution in [2.75, 3.05) is 30.9 Å². The second-order valence-electron chi connectivity index (χ2n) is 4.72. The van der Waals surface area contributed by atoms with E-state index in [2.05, 4.69) is 20.3 Å². The third-order valence-electron chi connectivity index (χ3n) is 2.39. The van der Waals surface area contributed by atoms with Gasteiger partial charge in [0.1, 0.15) is 0 Å². The number of aromatic nitrogens is 3. The molecule has 1 atom stereocenters. The molecule has 1 rings (SSSR count). The number of aliphatic hydroxyl groups excluding tert-OH is 1. The molecular formula is C12H23N5O2. The molecule has 0 saturated heterocycles. The molecule has 2 N–H and O–H groups in total. The van der Waals surface area contributed by atoms with E-state index < -0.39 is 0 Å². The molecule has 0 aromatic carbocycles. The van der Waals surface area contributed by atoms with Crippen molar-refractivity contribution in [3.8, 4) is 6.01 Å². The summed E-state index contributed by atoms with van der Waals surface area (Å²) >= 11 is 0. The Morgan fingerprint density at radius 1 is 1.26 bits per heavy atom. The molecule has 19 heavy (non-hydrogen) atoms. The minimum Gasteiger partial charge on any atom is -0.461 e. The molecule has 0 saturated carbocycles. The zero-order valence-electron chi connectivity index (χ0n) is 12.2. The lowest BCUT2D eigenvalue weighted by Gasteiger charge is -2.19. The van der Waals surface area contributed by atoms with Crippen LogP contribution in [0.1, 0.15) is 27.2 Å². The van der Waals surface area contributed by atoms with Crippen molar-refractivity contribution in [2.45, 2.75) is 39.4 Å². The van der Waals surface area contributed by atoms with Crippen LogP contribution in [0.5, 0.6) is 6.01 Å². The second-order valence-corrected chi connectivity index (χ2v) is 4.72. The summed E-state index contributed by atoms with van der Waals surface area (Å²) in [6, 6.07) is 0.299. The lowest BCUT2D eigenvalue weighted by molar-refractivity contribution is 0.186. The first-order valence-corrected chi connectivity index (χ1v) is 6.42. The van der Waals surface area contributed by atoms with Gasteiger partial charge >= 0.3 is 6.01 Å². The van der Waals surface area contributed by atoms with Crippen molar-refractivity contribution in [1.29, 1.82) is 0 Å². The lowest BCUT2D eigenvalue weighted by atomic mass is 10.3.